The van der Waals surface area contributed by atoms with E-state index in [-0.39, 0.29) is 26.4 Å². The molecule has 0 atom stereocenters. The number of ether oxygens (including phenoxy) is 4. The van der Waals surface area contributed by atoms with E-state index < -0.39 is 29.7 Å². The third-order valence-corrected chi connectivity index (χ3v) is 13.4. The van der Waals surface area contributed by atoms with Crippen molar-refractivity contribution < 1.29 is 38.1 Å². The van der Waals surface area contributed by atoms with Crippen LogP contribution in [0.4, 0.5) is 0 Å². The molecular formula is C54H42Br4N4O8. The van der Waals surface area contributed by atoms with E-state index in [1.165, 1.54) is 0 Å². The predicted octanol–water partition coefficient (Wildman–Crippen LogP) is 13.3. The van der Waals surface area contributed by atoms with E-state index in [1.54, 1.807) is 100 Å². The van der Waals surface area contributed by atoms with Gasteiger partial charge in [-0.1, -0.05) is 102 Å². The highest BCUT2D eigenvalue weighted by atomic mass is 79.9. The van der Waals surface area contributed by atoms with Crippen LogP contribution in [0.25, 0.3) is 33.9 Å². The average molecular weight is 1190 g/mol. The van der Waals surface area contributed by atoms with Crippen molar-refractivity contribution in [3.05, 3.63) is 190 Å². The highest BCUT2D eigenvalue weighted by molar-refractivity contribution is 9.11. The van der Waals surface area contributed by atoms with Crippen molar-refractivity contribution in [1.82, 2.24) is 9.55 Å². The lowest BCUT2D eigenvalue weighted by atomic mass is 9.98. The molecule has 0 saturated carbocycles. The first-order valence-electron chi connectivity index (χ1n) is 22.1. The number of carbonyl (C=O) groups is 4. The standard InChI is InChI=1S/C54H42Br4N4O8/c1-5-67-50(63)35-17-9-31(10-18-35)45-46(32-11-19-36(20-12-32)51(64)68-6-2)61-54(60-45,42-28-26-40(56)30-44(42)58)62-48(34-15-23-38(24-16-34)53(66)70-8-4)47(33-13-21-37(22-14-33)52(65)69-7-3)59-49(62)41-27-25-39(55)29-43(41)57/h9-30H,5-8H2,1-4H3. The molecule has 6 aromatic carbocycles. The number of benzene rings is 6. The number of aliphatic imine (C=N–C) groups is 2. The summed E-state index contributed by atoms with van der Waals surface area (Å²) in [5.74, 6) is -3.18. The lowest BCUT2D eigenvalue weighted by molar-refractivity contribution is 0.0516. The van der Waals surface area contributed by atoms with E-state index in [4.69, 9.17) is 33.9 Å². The van der Waals surface area contributed by atoms with Crippen LogP contribution in [0.2, 0.25) is 0 Å². The van der Waals surface area contributed by atoms with Gasteiger partial charge in [-0.05, 0) is 122 Å². The molecule has 1 aromatic heterocycles. The van der Waals surface area contributed by atoms with E-state index in [9.17, 15) is 19.2 Å². The molecule has 1 aliphatic heterocycles. The normalized spacial score (nSPS) is 12.7. The van der Waals surface area contributed by atoms with Gasteiger partial charge in [0.25, 0.3) is 5.79 Å². The number of esters is 4. The van der Waals surface area contributed by atoms with E-state index in [2.05, 4.69) is 63.7 Å². The Balaban J connectivity index is 1.53. The number of halogens is 4. The first-order chi connectivity index (χ1) is 33.8. The molecular weight excluding hydrogens is 1150 g/mol. The summed E-state index contributed by atoms with van der Waals surface area (Å²) in [5.41, 5.74) is 7.16. The first-order valence-corrected chi connectivity index (χ1v) is 25.3. The molecule has 7 aromatic rings. The lowest BCUT2D eigenvalue weighted by Crippen LogP contribution is -2.32. The zero-order chi connectivity index (χ0) is 49.7. The summed E-state index contributed by atoms with van der Waals surface area (Å²) in [4.78, 5) is 68.9. The number of rotatable bonds is 15. The Morgan fingerprint density at radius 1 is 0.471 bits per heavy atom. The average Bonchev–Trinajstić information content (AvgIpc) is 3.96. The van der Waals surface area contributed by atoms with Crippen LogP contribution in [0.15, 0.2) is 161 Å². The maximum atomic E-state index is 13.1. The fourth-order valence-corrected chi connectivity index (χ4v) is 10.4. The number of aromatic nitrogens is 2. The molecule has 70 heavy (non-hydrogen) atoms. The monoisotopic (exact) mass is 1190 g/mol. The molecule has 0 radical (unpaired) electrons. The van der Waals surface area contributed by atoms with Crippen LogP contribution in [-0.2, 0) is 24.7 Å². The molecule has 0 aliphatic carbocycles. The van der Waals surface area contributed by atoms with Crippen molar-refractivity contribution >= 4 is 99.0 Å². The smallest absolute Gasteiger partial charge is 0.338 e. The van der Waals surface area contributed by atoms with Gasteiger partial charge >= 0.3 is 23.9 Å². The summed E-state index contributed by atoms with van der Waals surface area (Å²) in [6.07, 6.45) is 0. The quantitative estimate of drug-likeness (QED) is 0.0722. The minimum absolute atomic E-state index is 0.201. The topological polar surface area (TPSA) is 148 Å². The summed E-state index contributed by atoms with van der Waals surface area (Å²) in [6, 6.07) is 39.5. The van der Waals surface area contributed by atoms with Crippen molar-refractivity contribution in [1.29, 1.82) is 0 Å². The third kappa shape index (κ3) is 10.1. The van der Waals surface area contributed by atoms with Gasteiger partial charge in [0.15, 0.2) is 0 Å². The van der Waals surface area contributed by atoms with Crippen LogP contribution >= 0.6 is 63.7 Å². The SMILES string of the molecule is CCOC(=O)c1ccc(C2=NC(c3ccc(Br)cc3Br)(n3c(-c4ccc(Br)cc4Br)nc(-c4ccc(C(=O)OCC)cc4)c3-c3ccc(C(=O)OCC)cc3)N=C2c2ccc(C(=O)OCC)cc2)cc1. The van der Waals surface area contributed by atoms with Crippen LogP contribution < -0.4 is 0 Å². The summed E-state index contributed by atoms with van der Waals surface area (Å²) in [5, 5.41) is 0. The van der Waals surface area contributed by atoms with Gasteiger partial charge in [0.05, 0.1) is 71.5 Å². The van der Waals surface area contributed by atoms with Gasteiger partial charge in [-0.15, -0.1) is 0 Å². The molecule has 0 bridgehead atoms. The van der Waals surface area contributed by atoms with Gasteiger partial charge < -0.3 is 18.9 Å². The third-order valence-electron chi connectivity index (χ3n) is 11.1. The minimum atomic E-state index is -1.74. The van der Waals surface area contributed by atoms with Crippen LogP contribution in [0.5, 0.6) is 0 Å². The number of hydrogen-bond acceptors (Lipinski definition) is 11. The molecule has 0 fully saturated rings. The number of nitrogens with zero attached hydrogens (tertiary/aromatic N) is 4. The number of imidazole rings is 1. The second-order valence-corrected chi connectivity index (χ2v) is 19.0. The first kappa shape index (κ1) is 50.1. The molecule has 354 valence electrons. The molecule has 0 spiro atoms. The molecule has 0 unspecified atom stereocenters. The van der Waals surface area contributed by atoms with Crippen LogP contribution in [-0.4, -0.2) is 71.3 Å². The van der Waals surface area contributed by atoms with Gasteiger partial charge in [-0.3, -0.25) is 4.57 Å². The highest BCUT2D eigenvalue weighted by Crippen LogP contribution is 2.49. The molecule has 8 rings (SSSR count). The van der Waals surface area contributed by atoms with Gasteiger partial charge in [0, 0.05) is 51.3 Å². The van der Waals surface area contributed by atoms with Crippen molar-refractivity contribution in [3.8, 4) is 33.9 Å². The number of hydrogen-bond donors (Lipinski definition) is 0. The molecule has 0 amide bonds. The van der Waals surface area contributed by atoms with E-state index in [0.29, 0.717) is 93.2 Å². The zero-order valence-electron chi connectivity index (χ0n) is 38.1. The van der Waals surface area contributed by atoms with Crippen molar-refractivity contribution in [3.63, 3.8) is 0 Å². The second-order valence-electron chi connectivity index (χ2n) is 15.5. The molecule has 0 saturated heterocycles. The Morgan fingerprint density at radius 3 is 1.23 bits per heavy atom. The van der Waals surface area contributed by atoms with Crippen LogP contribution in [0.3, 0.4) is 0 Å². The molecule has 0 N–H and O–H groups in total. The highest BCUT2D eigenvalue weighted by Gasteiger charge is 2.46. The van der Waals surface area contributed by atoms with Gasteiger partial charge in [0.2, 0.25) is 0 Å². The Labute approximate surface area is 437 Å². The van der Waals surface area contributed by atoms with Crippen LogP contribution in [0.1, 0.15) is 85.8 Å². The fraction of sp³-hybridized carbons (Fsp3) is 0.167. The fourth-order valence-electron chi connectivity index (χ4n) is 7.90. The Hall–Kier alpha value is -6.33. The Kier molecular flexibility index (Phi) is 15.6. The zero-order valence-corrected chi connectivity index (χ0v) is 44.4. The van der Waals surface area contributed by atoms with E-state index >= 15 is 0 Å². The summed E-state index contributed by atoms with van der Waals surface area (Å²) in [6.45, 7) is 7.84. The van der Waals surface area contributed by atoms with Crippen molar-refractivity contribution in [2.45, 2.75) is 33.5 Å². The van der Waals surface area contributed by atoms with Gasteiger partial charge in [-0.2, -0.15) is 0 Å². The largest absolute Gasteiger partial charge is 0.462 e. The van der Waals surface area contributed by atoms with Crippen LogP contribution in [0, 0.1) is 0 Å². The molecule has 1 aliphatic rings. The number of carbonyl (C=O) groups excluding carboxylic acids is 4. The van der Waals surface area contributed by atoms with E-state index in [1.807, 2.05) is 65.2 Å². The second kappa shape index (κ2) is 21.8. The maximum absolute atomic E-state index is 13.1. The molecule has 2 heterocycles. The van der Waals surface area contributed by atoms with Crippen molar-refractivity contribution in [2.24, 2.45) is 9.98 Å². The predicted molar refractivity (Wildman–Crippen MR) is 283 cm³/mol. The van der Waals surface area contributed by atoms with Gasteiger partial charge in [-0.25, -0.2) is 34.1 Å². The summed E-state index contributed by atoms with van der Waals surface area (Å²) in [7, 11) is 0. The maximum Gasteiger partial charge on any atom is 0.338 e. The van der Waals surface area contributed by atoms with Crippen molar-refractivity contribution in [2.75, 3.05) is 26.4 Å². The Bertz CT molecular complexity index is 3130. The summed E-state index contributed by atoms with van der Waals surface area (Å²) < 4.78 is 26.3. The van der Waals surface area contributed by atoms with E-state index in [0.717, 1.165) is 8.95 Å². The van der Waals surface area contributed by atoms with Gasteiger partial charge in [0.1, 0.15) is 5.82 Å². The molecule has 16 heteroatoms. The summed E-state index contributed by atoms with van der Waals surface area (Å²) >= 11 is 15.1. The molecule has 12 nitrogen and oxygen atoms in total. The minimum Gasteiger partial charge on any atom is -0.462 e. The Morgan fingerprint density at radius 2 is 0.843 bits per heavy atom. The lowest BCUT2D eigenvalue weighted by Gasteiger charge is -2.31.